The van der Waals surface area contributed by atoms with Gasteiger partial charge in [-0.2, -0.15) is 0 Å². The van der Waals surface area contributed by atoms with Crippen LogP contribution in [0.2, 0.25) is 0 Å². The zero-order valence-corrected chi connectivity index (χ0v) is 8.80. The van der Waals surface area contributed by atoms with E-state index in [0.717, 1.165) is 6.42 Å². The Hall–Kier alpha value is -1.55. The van der Waals surface area contributed by atoms with E-state index >= 15 is 0 Å². The Labute approximate surface area is 93.5 Å². The molecule has 1 aromatic carbocycles. The second-order valence-corrected chi connectivity index (χ2v) is 4.03. The molecule has 1 aliphatic rings. The third-order valence-electron chi connectivity index (χ3n) is 2.93. The summed E-state index contributed by atoms with van der Waals surface area (Å²) in [6, 6.07) is 6.44. The quantitative estimate of drug-likeness (QED) is 0.815. The van der Waals surface area contributed by atoms with Crippen LogP contribution in [0.25, 0.3) is 0 Å². The highest BCUT2D eigenvalue weighted by molar-refractivity contribution is 5.76. The molecule has 0 saturated carbocycles. The maximum atomic E-state index is 11.3. The second-order valence-electron chi connectivity index (χ2n) is 4.03. The van der Waals surface area contributed by atoms with Crippen LogP contribution in [0.1, 0.15) is 17.9 Å². The number of rotatable bonds is 3. The van der Waals surface area contributed by atoms with Crippen molar-refractivity contribution >= 4 is 5.97 Å². The largest absolute Gasteiger partial charge is 0.508 e. The summed E-state index contributed by atoms with van der Waals surface area (Å²) < 4.78 is 5.21. The van der Waals surface area contributed by atoms with Gasteiger partial charge in [0.05, 0.1) is 12.5 Å². The maximum Gasteiger partial charge on any atom is 0.311 e. The number of phenolic OH excluding ortho intramolecular Hbond substituents is 1. The average molecular weight is 222 g/mol. The molecule has 0 spiro atoms. The number of aromatic hydroxyl groups is 1. The fourth-order valence-electron chi connectivity index (χ4n) is 2.15. The summed E-state index contributed by atoms with van der Waals surface area (Å²) in [5, 5.41) is 18.6. The predicted molar refractivity (Wildman–Crippen MR) is 57.4 cm³/mol. The van der Waals surface area contributed by atoms with Crippen LogP contribution < -0.4 is 0 Å². The minimum atomic E-state index is -0.860. The fourth-order valence-corrected chi connectivity index (χ4v) is 2.15. The number of hydrogen-bond acceptors (Lipinski definition) is 3. The molecule has 0 aliphatic carbocycles. The first-order chi connectivity index (χ1) is 7.68. The minimum absolute atomic E-state index is 0.000648. The fraction of sp³-hybridized carbons (Fsp3) is 0.417. The van der Waals surface area contributed by atoms with Crippen LogP contribution in [0.5, 0.6) is 5.75 Å². The Morgan fingerprint density at radius 3 is 2.88 bits per heavy atom. The van der Waals surface area contributed by atoms with Gasteiger partial charge in [0.2, 0.25) is 0 Å². The first-order valence-corrected chi connectivity index (χ1v) is 5.28. The van der Waals surface area contributed by atoms with Gasteiger partial charge >= 0.3 is 5.97 Å². The highest BCUT2D eigenvalue weighted by Gasteiger charge is 2.32. The van der Waals surface area contributed by atoms with E-state index in [1.54, 1.807) is 12.1 Å². The molecule has 0 aromatic heterocycles. The number of benzene rings is 1. The van der Waals surface area contributed by atoms with E-state index in [0.29, 0.717) is 18.8 Å². The summed E-state index contributed by atoms with van der Waals surface area (Å²) in [6.45, 7) is 1.10. The van der Waals surface area contributed by atoms with Crippen molar-refractivity contribution in [2.45, 2.75) is 12.3 Å². The molecule has 2 unspecified atom stereocenters. The molecule has 86 valence electrons. The van der Waals surface area contributed by atoms with Gasteiger partial charge in [-0.3, -0.25) is 4.79 Å². The molecule has 4 nitrogen and oxygen atoms in total. The third-order valence-corrected chi connectivity index (χ3v) is 2.93. The predicted octanol–water partition coefficient (Wildman–Crippen LogP) is 1.60. The van der Waals surface area contributed by atoms with E-state index in [1.165, 1.54) is 12.1 Å². The zero-order valence-electron chi connectivity index (χ0n) is 8.80. The van der Waals surface area contributed by atoms with Crippen molar-refractivity contribution in [3.05, 3.63) is 29.8 Å². The number of carboxylic acid groups (broad SMARTS) is 1. The van der Waals surface area contributed by atoms with Gasteiger partial charge in [-0.15, -0.1) is 0 Å². The first-order valence-electron chi connectivity index (χ1n) is 5.28. The molecule has 1 aromatic rings. The lowest BCUT2D eigenvalue weighted by Crippen LogP contribution is -2.21. The van der Waals surface area contributed by atoms with E-state index < -0.39 is 11.9 Å². The lowest BCUT2D eigenvalue weighted by Gasteiger charge is -2.18. The molecule has 0 bridgehead atoms. The molecular formula is C12H14O4. The average Bonchev–Trinajstić information content (AvgIpc) is 2.71. The van der Waals surface area contributed by atoms with Crippen LogP contribution >= 0.6 is 0 Å². The summed E-state index contributed by atoms with van der Waals surface area (Å²) in [4.78, 5) is 11.3. The molecule has 16 heavy (non-hydrogen) atoms. The molecule has 1 aliphatic heterocycles. The summed E-state index contributed by atoms with van der Waals surface area (Å²) in [6.07, 6.45) is 0.757. The number of carboxylic acids is 1. The molecular weight excluding hydrogens is 208 g/mol. The standard InChI is InChI=1S/C12H14O4/c13-10-3-1-2-8(6-10)11(12(14)15)9-4-5-16-7-9/h1-3,6,9,11,13H,4-5,7H2,(H,14,15). The van der Waals surface area contributed by atoms with Crippen LogP contribution in [-0.4, -0.2) is 29.4 Å². The monoisotopic (exact) mass is 222 g/mol. The molecule has 2 atom stereocenters. The third kappa shape index (κ3) is 2.17. The van der Waals surface area contributed by atoms with Crippen LogP contribution in [0, 0.1) is 5.92 Å². The lowest BCUT2D eigenvalue weighted by molar-refractivity contribution is -0.140. The molecule has 4 heteroatoms. The number of aliphatic carboxylic acids is 1. The van der Waals surface area contributed by atoms with E-state index in [2.05, 4.69) is 0 Å². The smallest absolute Gasteiger partial charge is 0.311 e. The Morgan fingerprint density at radius 1 is 1.50 bits per heavy atom. The number of ether oxygens (including phenoxy) is 1. The number of phenols is 1. The zero-order chi connectivity index (χ0) is 11.5. The molecule has 2 rings (SSSR count). The highest BCUT2D eigenvalue weighted by atomic mass is 16.5. The van der Waals surface area contributed by atoms with Gasteiger partial charge < -0.3 is 14.9 Å². The summed E-state index contributed by atoms with van der Waals surface area (Å²) in [7, 11) is 0. The van der Waals surface area contributed by atoms with E-state index in [9.17, 15) is 15.0 Å². The summed E-state index contributed by atoms with van der Waals surface area (Å²) >= 11 is 0. The number of carbonyl (C=O) groups is 1. The minimum Gasteiger partial charge on any atom is -0.508 e. The normalized spacial score (nSPS) is 21.9. The lowest BCUT2D eigenvalue weighted by atomic mass is 9.85. The van der Waals surface area contributed by atoms with Crippen LogP contribution in [0.4, 0.5) is 0 Å². The van der Waals surface area contributed by atoms with E-state index in [1.807, 2.05) is 0 Å². The van der Waals surface area contributed by atoms with E-state index in [4.69, 9.17) is 4.74 Å². The van der Waals surface area contributed by atoms with Gasteiger partial charge in [0.25, 0.3) is 0 Å². The van der Waals surface area contributed by atoms with Crippen molar-refractivity contribution in [3.63, 3.8) is 0 Å². The second kappa shape index (κ2) is 4.53. The van der Waals surface area contributed by atoms with Gasteiger partial charge in [0.15, 0.2) is 0 Å². The van der Waals surface area contributed by atoms with Crippen molar-refractivity contribution in [2.75, 3.05) is 13.2 Å². The Balaban J connectivity index is 2.28. The Morgan fingerprint density at radius 2 is 2.31 bits per heavy atom. The SMILES string of the molecule is O=C(O)C(c1cccc(O)c1)C1CCOC1. The maximum absolute atomic E-state index is 11.3. The Bertz CT molecular complexity index is 382. The molecule has 1 fully saturated rings. The van der Waals surface area contributed by atoms with Crippen molar-refractivity contribution in [1.82, 2.24) is 0 Å². The van der Waals surface area contributed by atoms with Gasteiger partial charge in [-0.05, 0) is 24.1 Å². The van der Waals surface area contributed by atoms with Gasteiger partial charge in [0, 0.05) is 12.5 Å². The first kappa shape index (κ1) is 11.0. The Kier molecular flexibility index (Phi) is 3.10. The van der Waals surface area contributed by atoms with Crippen LogP contribution in [-0.2, 0) is 9.53 Å². The molecule has 1 saturated heterocycles. The van der Waals surface area contributed by atoms with Crippen molar-refractivity contribution in [2.24, 2.45) is 5.92 Å². The van der Waals surface area contributed by atoms with Gasteiger partial charge in [-0.25, -0.2) is 0 Å². The van der Waals surface area contributed by atoms with Gasteiger partial charge in [-0.1, -0.05) is 12.1 Å². The van der Waals surface area contributed by atoms with Crippen LogP contribution in [0.15, 0.2) is 24.3 Å². The molecule has 2 N–H and O–H groups in total. The molecule has 0 amide bonds. The van der Waals surface area contributed by atoms with E-state index in [-0.39, 0.29) is 11.7 Å². The highest BCUT2D eigenvalue weighted by Crippen LogP contribution is 2.32. The summed E-state index contributed by atoms with van der Waals surface area (Å²) in [5.74, 6) is -1.35. The topological polar surface area (TPSA) is 66.8 Å². The van der Waals surface area contributed by atoms with Crippen molar-refractivity contribution in [3.8, 4) is 5.75 Å². The molecule has 1 heterocycles. The van der Waals surface area contributed by atoms with Crippen LogP contribution in [0.3, 0.4) is 0 Å². The number of hydrogen-bond donors (Lipinski definition) is 2. The van der Waals surface area contributed by atoms with Gasteiger partial charge in [0.1, 0.15) is 5.75 Å². The van der Waals surface area contributed by atoms with Crippen molar-refractivity contribution in [1.29, 1.82) is 0 Å². The molecule has 0 radical (unpaired) electrons. The summed E-state index contributed by atoms with van der Waals surface area (Å²) in [5.41, 5.74) is 0.642. The van der Waals surface area contributed by atoms with Crippen molar-refractivity contribution < 1.29 is 19.7 Å².